The number of anilines is 1. The van der Waals surface area contributed by atoms with Crippen LogP contribution in [0.25, 0.3) is 0 Å². The number of aromatic amines is 1. The molecule has 3 N–H and O–H groups in total. The molecule has 214 valence electrons. The summed E-state index contributed by atoms with van der Waals surface area (Å²) in [6.45, 7) is 6.95. The number of thioether (sulfide) groups is 1. The van der Waals surface area contributed by atoms with Crippen LogP contribution in [0.15, 0.2) is 53.4 Å². The number of nitrogens with zero attached hydrogens (tertiary/aromatic N) is 5. The van der Waals surface area contributed by atoms with Gasteiger partial charge in [-0.1, -0.05) is 39.0 Å². The van der Waals surface area contributed by atoms with E-state index in [1.165, 1.54) is 18.2 Å². The number of nitrogens with one attached hydrogen (secondary N) is 3. The summed E-state index contributed by atoms with van der Waals surface area (Å²) < 4.78 is 38.6. The Morgan fingerprint density at radius 2 is 1.77 bits per heavy atom. The fraction of sp³-hybridized carbons (Fsp3) is 0.462. The van der Waals surface area contributed by atoms with E-state index in [0.29, 0.717) is 17.2 Å². The fourth-order valence-electron chi connectivity index (χ4n) is 4.90. The summed E-state index contributed by atoms with van der Waals surface area (Å²) in [7, 11) is 0. The zero-order chi connectivity index (χ0) is 28.9. The van der Waals surface area contributed by atoms with Crippen LogP contribution in [0.4, 0.5) is 23.7 Å². The van der Waals surface area contributed by atoms with Gasteiger partial charge in [-0.25, -0.2) is 4.79 Å². The number of carbonyl (C=O) groups excluding carboxylic acids is 2. The molecule has 0 unspecified atom stereocenters. The highest BCUT2D eigenvalue weighted by Gasteiger charge is 2.34. The number of hydrogen-bond donors (Lipinski definition) is 3. The lowest BCUT2D eigenvalue weighted by Gasteiger charge is -2.41. The molecule has 10 nitrogen and oxygen atoms in total. The van der Waals surface area contributed by atoms with E-state index in [2.05, 4.69) is 52.4 Å². The molecule has 1 fully saturated rings. The number of aromatic nitrogens is 5. The van der Waals surface area contributed by atoms with Crippen LogP contribution in [-0.2, 0) is 6.54 Å². The van der Waals surface area contributed by atoms with Crippen molar-refractivity contribution in [3.63, 3.8) is 0 Å². The predicted molar refractivity (Wildman–Crippen MR) is 143 cm³/mol. The maximum Gasteiger partial charge on any atom is 0.446 e. The molecular formula is C26H32F3N8O2S+. The van der Waals surface area contributed by atoms with Gasteiger partial charge in [0.2, 0.25) is 10.4 Å². The molecule has 1 heterocycles. The first-order valence-corrected chi connectivity index (χ1v) is 13.7. The number of hydrogen-bond acceptors (Lipinski definition) is 6. The van der Waals surface area contributed by atoms with Gasteiger partial charge in [-0.3, -0.25) is 4.79 Å². The van der Waals surface area contributed by atoms with Gasteiger partial charge in [-0.05, 0) is 89.9 Å². The van der Waals surface area contributed by atoms with Crippen molar-refractivity contribution in [1.82, 2.24) is 25.8 Å². The molecule has 3 amide bonds. The first kappa shape index (κ1) is 29.3. The molecule has 3 aromatic rings. The number of halogens is 3. The zero-order valence-corrected chi connectivity index (χ0v) is 23.2. The van der Waals surface area contributed by atoms with Crippen LogP contribution < -0.4 is 15.6 Å². The van der Waals surface area contributed by atoms with Gasteiger partial charge in [0.15, 0.2) is 5.21 Å². The Balaban J connectivity index is 1.49. The summed E-state index contributed by atoms with van der Waals surface area (Å²) in [5, 5.41) is 15.5. The number of rotatable bonds is 7. The van der Waals surface area contributed by atoms with Crippen molar-refractivity contribution in [2.45, 2.75) is 69.4 Å². The smallest absolute Gasteiger partial charge is 0.317 e. The van der Waals surface area contributed by atoms with Gasteiger partial charge in [0.25, 0.3) is 5.91 Å². The molecule has 40 heavy (non-hydrogen) atoms. The first-order chi connectivity index (χ1) is 18.9. The van der Waals surface area contributed by atoms with Gasteiger partial charge in [0.1, 0.15) is 0 Å². The maximum atomic E-state index is 13.5. The van der Waals surface area contributed by atoms with Crippen LogP contribution in [0.3, 0.4) is 0 Å². The molecule has 14 heteroatoms. The van der Waals surface area contributed by atoms with Crippen molar-refractivity contribution in [3.05, 3.63) is 59.7 Å². The lowest BCUT2D eigenvalue weighted by atomic mass is 9.71. The SMILES string of the molecule is CC(C)(C)C1CCC(N(Cc2ccc(C(=O)N[n+]3nnn[nH]3)cc2)C(=O)Nc2cccc(SC(F)(F)F)c2)CC1. The van der Waals surface area contributed by atoms with Crippen molar-refractivity contribution in [2.24, 2.45) is 11.3 Å². The van der Waals surface area contributed by atoms with E-state index in [0.717, 1.165) is 36.2 Å². The third-order valence-electron chi connectivity index (χ3n) is 7.03. The van der Waals surface area contributed by atoms with Gasteiger partial charge in [-0.15, -0.1) is 0 Å². The molecule has 1 aliphatic carbocycles. The Morgan fingerprint density at radius 3 is 2.38 bits per heavy atom. The van der Waals surface area contributed by atoms with Crippen LogP contribution in [0, 0.1) is 11.3 Å². The van der Waals surface area contributed by atoms with Crippen molar-refractivity contribution in [1.29, 1.82) is 0 Å². The summed E-state index contributed by atoms with van der Waals surface area (Å²) in [5.41, 5.74) is -0.316. The largest absolute Gasteiger partial charge is 0.446 e. The van der Waals surface area contributed by atoms with Crippen molar-refractivity contribution in [3.8, 4) is 0 Å². The zero-order valence-electron chi connectivity index (χ0n) is 22.4. The van der Waals surface area contributed by atoms with Gasteiger partial charge in [-0.2, -0.15) is 18.6 Å². The topological polar surface area (TPSA) is 120 Å². The van der Waals surface area contributed by atoms with E-state index >= 15 is 0 Å². The number of H-pyrrole nitrogens is 1. The second-order valence-electron chi connectivity index (χ2n) is 10.8. The Labute approximate surface area is 234 Å². The molecule has 2 aromatic carbocycles. The minimum Gasteiger partial charge on any atom is -0.317 e. The fourth-order valence-corrected chi connectivity index (χ4v) is 5.49. The molecule has 0 saturated heterocycles. The van der Waals surface area contributed by atoms with Gasteiger partial charge < -0.3 is 10.2 Å². The highest BCUT2D eigenvalue weighted by molar-refractivity contribution is 8.00. The van der Waals surface area contributed by atoms with E-state index in [-0.39, 0.29) is 40.7 Å². The number of benzene rings is 2. The quantitative estimate of drug-likeness (QED) is 0.265. The molecule has 1 aromatic heterocycles. The van der Waals surface area contributed by atoms with E-state index in [9.17, 15) is 22.8 Å². The number of alkyl halides is 3. The summed E-state index contributed by atoms with van der Waals surface area (Å²) in [6, 6.07) is 12.1. The average molecular weight is 578 g/mol. The normalized spacial score (nSPS) is 17.8. The molecule has 1 aliphatic rings. The van der Waals surface area contributed by atoms with E-state index in [1.54, 1.807) is 35.2 Å². The lowest BCUT2D eigenvalue weighted by molar-refractivity contribution is -0.759. The van der Waals surface area contributed by atoms with Crippen LogP contribution >= 0.6 is 11.8 Å². The van der Waals surface area contributed by atoms with Crippen LogP contribution in [0.5, 0.6) is 0 Å². The van der Waals surface area contributed by atoms with Gasteiger partial charge in [0.05, 0.1) is 0 Å². The molecule has 0 spiro atoms. The van der Waals surface area contributed by atoms with Crippen molar-refractivity contribution < 1.29 is 27.7 Å². The van der Waals surface area contributed by atoms with E-state index in [1.807, 2.05) is 0 Å². The Kier molecular flexibility index (Phi) is 8.96. The second-order valence-corrected chi connectivity index (χ2v) is 12.0. The molecule has 0 bridgehead atoms. The Hall–Kier alpha value is -3.68. The van der Waals surface area contributed by atoms with Crippen molar-refractivity contribution >= 4 is 29.4 Å². The third kappa shape index (κ3) is 8.16. The highest BCUT2D eigenvalue weighted by atomic mass is 32.2. The lowest BCUT2D eigenvalue weighted by Crippen LogP contribution is -2.52. The standard InChI is InChI=1S/C26H31F3N8O2S/c1-25(2,3)19-11-13-21(14-12-19)36(24(39)30-20-5-4-6-22(15-20)40-26(27,28)29)16-17-7-9-18(10-8-17)23(38)31-37-34-32-33-35-37/h4-10,15,19,21H,11-14,16H2,1-3H3,(H2,30,31,38,39)/p+1. The second kappa shape index (κ2) is 12.2. The Bertz CT molecular complexity index is 1290. The minimum atomic E-state index is -4.42. The molecule has 1 saturated carbocycles. The summed E-state index contributed by atoms with van der Waals surface area (Å²) >= 11 is -0.224. The molecule has 0 atom stereocenters. The molecule has 0 aliphatic heterocycles. The van der Waals surface area contributed by atoms with E-state index < -0.39 is 11.4 Å². The van der Waals surface area contributed by atoms with Gasteiger partial charge in [0, 0.05) is 33.6 Å². The van der Waals surface area contributed by atoms with E-state index in [4.69, 9.17) is 0 Å². The molecule has 0 radical (unpaired) electrons. The van der Waals surface area contributed by atoms with Crippen LogP contribution in [0.1, 0.15) is 62.4 Å². The van der Waals surface area contributed by atoms with Crippen molar-refractivity contribution in [2.75, 3.05) is 10.7 Å². The monoisotopic (exact) mass is 577 g/mol. The highest BCUT2D eigenvalue weighted by Crippen LogP contribution is 2.40. The number of carbonyl (C=O) groups is 2. The number of urea groups is 1. The maximum absolute atomic E-state index is 13.5. The molecular weight excluding hydrogens is 545 g/mol. The number of amides is 3. The van der Waals surface area contributed by atoms with Gasteiger partial charge >= 0.3 is 11.5 Å². The minimum absolute atomic E-state index is 0.00400. The molecule has 4 rings (SSSR count). The third-order valence-corrected chi connectivity index (χ3v) is 7.75. The first-order valence-electron chi connectivity index (χ1n) is 12.9. The van der Waals surface area contributed by atoms with Crippen LogP contribution in [-0.4, -0.2) is 49.2 Å². The summed E-state index contributed by atoms with van der Waals surface area (Å²) in [5.74, 6) is 0.113. The summed E-state index contributed by atoms with van der Waals surface area (Å²) in [4.78, 5) is 28.7. The summed E-state index contributed by atoms with van der Waals surface area (Å²) in [6.07, 6.45) is 3.59. The predicted octanol–water partition coefficient (Wildman–Crippen LogP) is 5.12. The van der Waals surface area contributed by atoms with Crippen LogP contribution in [0.2, 0.25) is 0 Å². The Morgan fingerprint density at radius 1 is 1.07 bits per heavy atom. The average Bonchev–Trinajstić information content (AvgIpc) is 3.39.